The zero-order valence-electron chi connectivity index (χ0n) is 11.6. The third kappa shape index (κ3) is 3.98. The summed E-state index contributed by atoms with van der Waals surface area (Å²) in [5.41, 5.74) is 0.815. The summed E-state index contributed by atoms with van der Waals surface area (Å²) in [4.78, 5) is 0. The number of rotatable bonds is 5. The maximum Gasteiger partial charge on any atom is 0.419 e. The summed E-state index contributed by atoms with van der Waals surface area (Å²) in [6.45, 7) is 0.891. The first-order valence-corrected chi connectivity index (χ1v) is 6.50. The van der Waals surface area contributed by atoms with Gasteiger partial charge in [0.15, 0.2) is 0 Å². The predicted octanol–water partition coefficient (Wildman–Crippen LogP) is 4.00. The molecule has 0 saturated carbocycles. The zero-order valence-corrected chi connectivity index (χ0v) is 11.6. The highest BCUT2D eigenvalue weighted by molar-refractivity contribution is 5.43. The summed E-state index contributed by atoms with van der Waals surface area (Å²) in [5, 5.41) is 3.12. The summed E-state index contributed by atoms with van der Waals surface area (Å²) in [6, 6.07) is 13.7. The molecule has 0 radical (unpaired) electrons. The van der Waals surface area contributed by atoms with E-state index in [9.17, 15) is 13.2 Å². The number of para-hydroxylation sites is 1. The van der Waals surface area contributed by atoms with Crippen molar-refractivity contribution in [1.29, 1.82) is 0 Å². The molecule has 0 aliphatic rings. The van der Waals surface area contributed by atoms with E-state index in [1.807, 2.05) is 30.3 Å². The molecule has 0 fully saturated rings. The molecule has 5 heteroatoms. The van der Waals surface area contributed by atoms with Crippen molar-refractivity contribution in [2.24, 2.45) is 0 Å². The number of hydrogen-bond donors (Lipinski definition) is 1. The highest BCUT2D eigenvalue weighted by atomic mass is 19.4. The van der Waals surface area contributed by atoms with E-state index in [1.54, 1.807) is 6.07 Å². The molecule has 2 rings (SSSR count). The quantitative estimate of drug-likeness (QED) is 0.900. The van der Waals surface area contributed by atoms with E-state index in [2.05, 4.69) is 5.32 Å². The van der Waals surface area contributed by atoms with Gasteiger partial charge in [-0.2, -0.15) is 13.2 Å². The first-order valence-electron chi connectivity index (χ1n) is 6.50. The maximum atomic E-state index is 12.9. The largest absolute Gasteiger partial charge is 0.496 e. The Bertz CT molecular complexity index is 582. The van der Waals surface area contributed by atoms with Gasteiger partial charge in [0, 0.05) is 18.7 Å². The van der Waals surface area contributed by atoms with Gasteiger partial charge in [0.05, 0.1) is 12.7 Å². The number of benzene rings is 2. The van der Waals surface area contributed by atoms with E-state index >= 15 is 0 Å². The molecule has 0 aliphatic carbocycles. The first kappa shape index (κ1) is 15.4. The molecule has 2 aromatic carbocycles. The molecule has 2 nitrogen and oxygen atoms in total. The normalized spacial score (nSPS) is 11.4. The fourth-order valence-corrected chi connectivity index (χ4v) is 2.13. The Morgan fingerprint density at radius 3 is 2.29 bits per heavy atom. The molecule has 2 aromatic rings. The molecule has 0 saturated heterocycles. The molecular weight excluding hydrogens is 279 g/mol. The minimum Gasteiger partial charge on any atom is -0.496 e. The van der Waals surface area contributed by atoms with Crippen LogP contribution in [0, 0.1) is 0 Å². The van der Waals surface area contributed by atoms with Crippen LogP contribution in [-0.4, -0.2) is 7.11 Å². The van der Waals surface area contributed by atoms with Crippen molar-refractivity contribution in [3.63, 3.8) is 0 Å². The van der Waals surface area contributed by atoms with Crippen molar-refractivity contribution < 1.29 is 17.9 Å². The number of halogens is 3. The third-order valence-electron chi connectivity index (χ3n) is 3.09. The summed E-state index contributed by atoms with van der Waals surface area (Å²) >= 11 is 0. The van der Waals surface area contributed by atoms with Crippen LogP contribution in [0.1, 0.15) is 16.7 Å². The van der Waals surface area contributed by atoms with E-state index in [0.717, 1.165) is 11.6 Å². The molecule has 0 amide bonds. The Labute approximate surface area is 121 Å². The average molecular weight is 295 g/mol. The van der Waals surface area contributed by atoms with Crippen LogP contribution in [0.25, 0.3) is 0 Å². The highest BCUT2D eigenvalue weighted by Crippen LogP contribution is 2.37. The van der Waals surface area contributed by atoms with E-state index in [1.165, 1.54) is 13.2 Å². The van der Waals surface area contributed by atoms with Crippen molar-refractivity contribution in [2.75, 3.05) is 7.11 Å². The standard InChI is InChI=1S/C16H16F3NO/c1-21-15-13(8-5-9-14(15)16(17,18)19)11-20-10-12-6-3-2-4-7-12/h2-9,20H,10-11H2,1H3. The van der Waals surface area contributed by atoms with Crippen molar-refractivity contribution in [3.8, 4) is 5.75 Å². The van der Waals surface area contributed by atoms with Gasteiger partial charge in [0.1, 0.15) is 5.75 Å². The van der Waals surface area contributed by atoms with Gasteiger partial charge >= 0.3 is 6.18 Å². The Morgan fingerprint density at radius 1 is 0.952 bits per heavy atom. The number of hydrogen-bond acceptors (Lipinski definition) is 2. The molecule has 0 heterocycles. The van der Waals surface area contributed by atoms with Gasteiger partial charge in [-0.05, 0) is 11.6 Å². The van der Waals surface area contributed by atoms with Gasteiger partial charge in [-0.3, -0.25) is 0 Å². The lowest BCUT2D eigenvalue weighted by Crippen LogP contribution is -2.15. The van der Waals surface area contributed by atoms with Gasteiger partial charge in [-0.1, -0.05) is 42.5 Å². The van der Waals surface area contributed by atoms with Crippen LogP contribution in [0.3, 0.4) is 0 Å². The van der Waals surface area contributed by atoms with Gasteiger partial charge < -0.3 is 10.1 Å². The second-order valence-corrected chi connectivity index (χ2v) is 4.58. The van der Waals surface area contributed by atoms with Crippen LogP contribution in [0.15, 0.2) is 48.5 Å². The molecule has 112 valence electrons. The average Bonchev–Trinajstić information content (AvgIpc) is 2.47. The van der Waals surface area contributed by atoms with E-state index in [4.69, 9.17) is 4.74 Å². The second-order valence-electron chi connectivity index (χ2n) is 4.58. The smallest absolute Gasteiger partial charge is 0.419 e. The maximum absolute atomic E-state index is 12.9. The molecule has 0 spiro atoms. The van der Waals surface area contributed by atoms with Gasteiger partial charge in [0.25, 0.3) is 0 Å². The lowest BCUT2D eigenvalue weighted by atomic mass is 10.1. The second kappa shape index (κ2) is 6.63. The predicted molar refractivity (Wildman–Crippen MR) is 75.0 cm³/mol. The van der Waals surface area contributed by atoms with Crippen molar-refractivity contribution in [2.45, 2.75) is 19.3 Å². The van der Waals surface area contributed by atoms with Crippen molar-refractivity contribution in [1.82, 2.24) is 5.32 Å². The first-order chi connectivity index (χ1) is 10.0. The van der Waals surface area contributed by atoms with Crippen LogP contribution < -0.4 is 10.1 Å². The summed E-state index contributed by atoms with van der Waals surface area (Å²) in [7, 11) is 1.26. The minimum absolute atomic E-state index is 0.120. The SMILES string of the molecule is COc1c(CNCc2ccccc2)cccc1C(F)(F)F. The fourth-order valence-electron chi connectivity index (χ4n) is 2.13. The molecule has 21 heavy (non-hydrogen) atoms. The van der Waals surface area contributed by atoms with Crippen LogP contribution >= 0.6 is 0 Å². The van der Waals surface area contributed by atoms with Crippen molar-refractivity contribution in [3.05, 3.63) is 65.2 Å². The Kier molecular flexibility index (Phi) is 4.85. The molecular formula is C16H16F3NO. The molecule has 0 aromatic heterocycles. The summed E-state index contributed by atoms with van der Waals surface area (Å²) in [6.07, 6.45) is -4.42. The van der Waals surface area contributed by atoms with Crippen LogP contribution in [0.4, 0.5) is 13.2 Å². The number of methoxy groups -OCH3 is 1. The fraction of sp³-hybridized carbons (Fsp3) is 0.250. The summed E-state index contributed by atoms with van der Waals surface area (Å²) < 4.78 is 43.7. The monoisotopic (exact) mass is 295 g/mol. The zero-order chi connectivity index (χ0) is 15.3. The molecule has 0 aliphatic heterocycles. The highest BCUT2D eigenvalue weighted by Gasteiger charge is 2.34. The van der Waals surface area contributed by atoms with E-state index < -0.39 is 11.7 Å². The Morgan fingerprint density at radius 2 is 1.67 bits per heavy atom. The van der Waals surface area contributed by atoms with Crippen LogP contribution in [0.5, 0.6) is 5.75 Å². The summed E-state index contributed by atoms with van der Waals surface area (Å²) in [5.74, 6) is -0.120. The van der Waals surface area contributed by atoms with Crippen LogP contribution in [-0.2, 0) is 19.3 Å². The number of ether oxygens (including phenoxy) is 1. The van der Waals surface area contributed by atoms with Crippen molar-refractivity contribution >= 4 is 0 Å². The van der Waals surface area contributed by atoms with Gasteiger partial charge in [-0.25, -0.2) is 0 Å². The lowest BCUT2D eigenvalue weighted by Gasteiger charge is -2.16. The minimum atomic E-state index is -4.42. The molecule has 0 bridgehead atoms. The Hall–Kier alpha value is -2.01. The Balaban J connectivity index is 2.10. The molecule has 0 atom stereocenters. The van der Waals surface area contributed by atoms with E-state index in [0.29, 0.717) is 18.7 Å². The van der Waals surface area contributed by atoms with Gasteiger partial charge in [0.2, 0.25) is 0 Å². The number of nitrogens with one attached hydrogen (secondary N) is 1. The third-order valence-corrected chi connectivity index (χ3v) is 3.09. The number of alkyl halides is 3. The topological polar surface area (TPSA) is 21.3 Å². The van der Waals surface area contributed by atoms with E-state index in [-0.39, 0.29) is 5.75 Å². The lowest BCUT2D eigenvalue weighted by molar-refractivity contribution is -0.138. The van der Waals surface area contributed by atoms with Crippen LogP contribution in [0.2, 0.25) is 0 Å². The molecule has 1 N–H and O–H groups in total. The molecule has 0 unspecified atom stereocenters. The van der Waals surface area contributed by atoms with Gasteiger partial charge in [-0.15, -0.1) is 0 Å².